The zero-order chi connectivity index (χ0) is 10.4. The molecule has 0 aliphatic carbocycles. The first-order valence-electron chi connectivity index (χ1n) is 4.25. The molecule has 1 aromatic heterocycles. The summed E-state index contributed by atoms with van der Waals surface area (Å²) in [5.41, 5.74) is -1.71. The van der Waals surface area contributed by atoms with Gasteiger partial charge in [-0.3, -0.25) is 9.78 Å². The molecule has 1 saturated heterocycles. The third-order valence-corrected chi connectivity index (χ3v) is 1.60. The highest BCUT2D eigenvalue weighted by Gasteiger charge is 1.95. The van der Waals surface area contributed by atoms with Crippen LogP contribution in [0.2, 0.25) is 0 Å². The Morgan fingerprint density at radius 2 is 1.93 bits per heavy atom. The molecular weight excluding hydrogens is 191 g/mol. The minimum Gasteiger partial charge on any atom is -0.381 e. The molecule has 1 fully saturated rings. The van der Waals surface area contributed by atoms with Gasteiger partial charge in [0, 0.05) is 19.4 Å². The Kier molecular flexibility index (Phi) is 4.06. The van der Waals surface area contributed by atoms with Crippen molar-refractivity contribution in [2.45, 2.75) is 12.8 Å². The molecule has 0 aromatic carbocycles. The minimum atomic E-state index is -1.00. The summed E-state index contributed by atoms with van der Waals surface area (Å²) in [7, 11) is 0. The van der Waals surface area contributed by atoms with E-state index in [0.717, 1.165) is 13.2 Å². The molecule has 1 aliphatic rings. The Labute approximate surface area is 78.9 Å². The van der Waals surface area contributed by atoms with Gasteiger partial charge in [-0.25, -0.2) is 4.79 Å². The molecule has 2 N–H and O–H groups in total. The summed E-state index contributed by atoms with van der Waals surface area (Å²) in [6.45, 7) is 2.00. The lowest BCUT2D eigenvalue weighted by Crippen LogP contribution is -2.23. The summed E-state index contributed by atoms with van der Waals surface area (Å²) in [6.07, 6.45) is 3.27. The Morgan fingerprint density at radius 1 is 1.29 bits per heavy atom. The van der Waals surface area contributed by atoms with Gasteiger partial charge < -0.3 is 9.72 Å². The van der Waals surface area contributed by atoms with Gasteiger partial charge in [-0.2, -0.15) is 4.39 Å². The number of rotatable bonds is 0. The molecule has 0 saturated carbocycles. The average Bonchev–Trinajstić information content (AvgIpc) is 2.69. The van der Waals surface area contributed by atoms with E-state index in [2.05, 4.69) is 0 Å². The molecule has 2 heterocycles. The lowest BCUT2D eigenvalue weighted by atomic mass is 10.4. The molecule has 1 aromatic rings. The first kappa shape index (κ1) is 10.6. The quantitative estimate of drug-likeness (QED) is 0.621. The number of H-pyrrole nitrogens is 2. The predicted molar refractivity (Wildman–Crippen MR) is 47.7 cm³/mol. The van der Waals surface area contributed by atoms with Gasteiger partial charge in [-0.1, -0.05) is 0 Å². The van der Waals surface area contributed by atoms with Gasteiger partial charge >= 0.3 is 5.69 Å². The van der Waals surface area contributed by atoms with Crippen molar-refractivity contribution in [1.82, 2.24) is 9.97 Å². The first-order chi connectivity index (χ1) is 6.70. The van der Waals surface area contributed by atoms with Crippen molar-refractivity contribution in [2.75, 3.05) is 13.2 Å². The SMILES string of the molecule is C1CCOC1.O=c1[nH]cc(F)c(=O)[nH]1. The molecule has 0 atom stereocenters. The van der Waals surface area contributed by atoms with E-state index in [1.54, 1.807) is 4.98 Å². The summed E-state index contributed by atoms with van der Waals surface area (Å²) in [4.78, 5) is 24.0. The van der Waals surface area contributed by atoms with E-state index in [0.29, 0.717) is 6.20 Å². The van der Waals surface area contributed by atoms with E-state index in [-0.39, 0.29) is 0 Å². The summed E-state index contributed by atoms with van der Waals surface area (Å²) in [5.74, 6) is -0.991. The number of aromatic nitrogens is 2. The topological polar surface area (TPSA) is 75.0 Å². The van der Waals surface area contributed by atoms with E-state index in [1.165, 1.54) is 12.8 Å². The molecule has 2 rings (SSSR count). The van der Waals surface area contributed by atoms with Crippen LogP contribution in [0.25, 0.3) is 0 Å². The average molecular weight is 202 g/mol. The molecule has 0 spiro atoms. The molecule has 78 valence electrons. The van der Waals surface area contributed by atoms with Crippen LogP contribution in [0, 0.1) is 5.82 Å². The Morgan fingerprint density at radius 3 is 2.29 bits per heavy atom. The number of hydrogen-bond acceptors (Lipinski definition) is 3. The smallest absolute Gasteiger partial charge is 0.325 e. The van der Waals surface area contributed by atoms with E-state index in [1.807, 2.05) is 4.98 Å². The number of nitrogens with one attached hydrogen (secondary N) is 2. The summed E-state index contributed by atoms with van der Waals surface area (Å²) < 4.78 is 16.9. The van der Waals surface area contributed by atoms with Gasteiger partial charge in [0.2, 0.25) is 5.82 Å². The molecule has 5 nitrogen and oxygen atoms in total. The number of hydrogen-bond donors (Lipinski definition) is 2. The van der Waals surface area contributed by atoms with Crippen molar-refractivity contribution >= 4 is 0 Å². The van der Waals surface area contributed by atoms with Crippen molar-refractivity contribution < 1.29 is 9.13 Å². The highest BCUT2D eigenvalue weighted by Crippen LogP contribution is 1.98. The second-order valence-electron chi connectivity index (χ2n) is 2.74. The fraction of sp³-hybridized carbons (Fsp3) is 0.500. The maximum absolute atomic E-state index is 12.0. The Balaban J connectivity index is 0.000000165. The van der Waals surface area contributed by atoms with Gasteiger partial charge in [-0.05, 0) is 12.8 Å². The second kappa shape index (κ2) is 5.33. The van der Waals surface area contributed by atoms with Gasteiger partial charge in [-0.15, -0.1) is 0 Å². The maximum Gasteiger partial charge on any atom is 0.325 e. The van der Waals surface area contributed by atoms with E-state index < -0.39 is 17.1 Å². The van der Waals surface area contributed by atoms with E-state index in [4.69, 9.17) is 4.74 Å². The zero-order valence-electron chi connectivity index (χ0n) is 7.51. The van der Waals surface area contributed by atoms with Crippen LogP contribution in [0.1, 0.15) is 12.8 Å². The standard InChI is InChI=1S/C4H3FN2O2.C4H8O/c5-2-1-6-4(9)7-3(2)8;1-2-4-5-3-1/h1H,(H2,6,7,8,9);1-4H2. The largest absolute Gasteiger partial charge is 0.381 e. The third kappa shape index (κ3) is 3.53. The second-order valence-corrected chi connectivity index (χ2v) is 2.74. The monoisotopic (exact) mass is 202 g/mol. The van der Waals surface area contributed by atoms with Crippen LogP contribution in [-0.2, 0) is 4.74 Å². The Bertz CT molecular complexity index is 373. The first-order valence-corrected chi connectivity index (χ1v) is 4.25. The third-order valence-electron chi connectivity index (χ3n) is 1.60. The molecule has 14 heavy (non-hydrogen) atoms. The molecule has 0 bridgehead atoms. The zero-order valence-corrected chi connectivity index (χ0v) is 7.51. The van der Waals surface area contributed by atoms with Crippen LogP contribution in [0.4, 0.5) is 4.39 Å². The van der Waals surface area contributed by atoms with Crippen molar-refractivity contribution in [2.24, 2.45) is 0 Å². The van der Waals surface area contributed by atoms with Crippen LogP contribution in [0.3, 0.4) is 0 Å². The summed E-state index contributed by atoms with van der Waals surface area (Å²) in [6, 6.07) is 0. The van der Waals surface area contributed by atoms with Crippen LogP contribution >= 0.6 is 0 Å². The molecular formula is C8H11FN2O3. The van der Waals surface area contributed by atoms with Gasteiger partial charge in [0.1, 0.15) is 0 Å². The highest BCUT2D eigenvalue weighted by atomic mass is 19.1. The van der Waals surface area contributed by atoms with Gasteiger partial charge in [0.25, 0.3) is 5.56 Å². The van der Waals surface area contributed by atoms with Gasteiger partial charge in [0.15, 0.2) is 0 Å². The van der Waals surface area contributed by atoms with E-state index >= 15 is 0 Å². The van der Waals surface area contributed by atoms with Crippen molar-refractivity contribution in [3.63, 3.8) is 0 Å². The van der Waals surface area contributed by atoms with Crippen LogP contribution in [0.5, 0.6) is 0 Å². The molecule has 6 heteroatoms. The number of ether oxygens (including phenoxy) is 1. The van der Waals surface area contributed by atoms with E-state index in [9.17, 15) is 14.0 Å². The summed E-state index contributed by atoms with van der Waals surface area (Å²) >= 11 is 0. The molecule has 0 unspecified atom stereocenters. The van der Waals surface area contributed by atoms with Crippen LogP contribution < -0.4 is 11.2 Å². The number of aromatic amines is 2. The lowest BCUT2D eigenvalue weighted by Gasteiger charge is -1.81. The molecule has 1 aliphatic heterocycles. The van der Waals surface area contributed by atoms with Crippen LogP contribution in [-0.4, -0.2) is 23.2 Å². The summed E-state index contributed by atoms with van der Waals surface area (Å²) in [5, 5.41) is 0. The highest BCUT2D eigenvalue weighted by molar-refractivity contribution is 4.83. The fourth-order valence-corrected chi connectivity index (χ4v) is 0.904. The predicted octanol–water partition coefficient (Wildman–Crippen LogP) is -0.000900. The van der Waals surface area contributed by atoms with Crippen molar-refractivity contribution in [3.8, 4) is 0 Å². The fourth-order valence-electron chi connectivity index (χ4n) is 0.904. The molecule has 0 amide bonds. The molecule has 0 radical (unpaired) electrons. The van der Waals surface area contributed by atoms with Crippen molar-refractivity contribution in [1.29, 1.82) is 0 Å². The normalized spacial score (nSPS) is 14.6. The minimum absolute atomic E-state index is 0.707. The van der Waals surface area contributed by atoms with Gasteiger partial charge in [0.05, 0.1) is 0 Å². The number of halogens is 1. The van der Waals surface area contributed by atoms with Crippen molar-refractivity contribution in [3.05, 3.63) is 32.9 Å². The maximum atomic E-state index is 12.0. The Hall–Kier alpha value is -1.43. The lowest BCUT2D eigenvalue weighted by molar-refractivity contribution is 0.198. The van der Waals surface area contributed by atoms with Crippen LogP contribution in [0.15, 0.2) is 15.8 Å².